The first-order valence-electron chi connectivity index (χ1n) is 8.11. The molecular formula is C17H21N3S2. The highest BCUT2D eigenvalue weighted by Crippen LogP contribution is 2.42. The van der Waals surface area contributed by atoms with Crippen molar-refractivity contribution in [2.45, 2.75) is 30.2 Å². The second kappa shape index (κ2) is 6.69. The van der Waals surface area contributed by atoms with Crippen LogP contribution in [0.1, 0.15) is 30.0 Å². The third-order valence-electron chi connectivity index (χ3n) is 4.86. The minimum Gasteiger partial charge on any atom is -0.302 e. The van der Waals surface area contributed by atoms with Gasteiger partial charge in [0.05, 0.1) is 17.4 Å². The van der Waals surface area contributed by atoms with Crippen LogP contribution >= 0.6 is 23.5 Å². The number of rotatable bonds is 6. The van der Waals surface area contributed by atoms with Crippen LogP contribution in [0.3, 0.4) is 0 Å². The fourth-order valence-electron chi connectivity index (χ4n) is 3.70. The maximum absolute atomic E-state index is 4.64. The first-order chi connectivity index (χ1) is 10.9. The Balaban J connectivity index is 1.31. The van der Waals surface area contributed by atoms with Gasteiger partial charge in [-0.2, -0.15) is 8.75 Å². The summed E-state index contributed by atoms with van der Waals surface area (Å²) in [6.45, 7) is 3.77. The van der Waals surface area contributed by atoms with Gasteiger partial charge in [-0.1, -0.05) is 30.3 Å². The van der Waals surface area contributed by atoms with E-state index in [0.29, 0.717) is 5.92 Å². The molecule has 22 heavy (non-hydrogen) atoms. The van der Waals surface area contributed by atoms with Gasteiger partial charge in [-0.05, 0) is 43.0 Å². The highest BCUT2D eigenvalue weighted by Gasteiger charge is 2.41. The van der Waals surface area contributed by atoms with Crippen LogP contribution in [0, 0.1) is 5.92 Å². The third-order valence-corrected chi connectivity index (χ3v) is 6.58. The van der Waals surface area contributed by atoms with E-state index in [4.69, 9.17) is 0 Å². The maximum Gasteiger partial charge on any atom is 0.134 e. The van der Waals surface area contributed by atoms with Gasteiger partial charge < -0.3 is 4.90 Å². The molecule has 0 spiro atoms. The van der Waals surface area contributed by atoms with Gasteiger partial charge >= 0.3 is 0 Å². The maximum atomic E-state index is 4.64. The summed E-state index contributed by atoms with van der Waals surface area (Å²) in [5.41, 5.74) is 2.72. The standard InChI is InChI=1S/C17H21N3S2/c1-2-5-13(6-3-1)7-4-10-21-17-16(18-22-19-17)15-12-20-9-8-14(15)11-20/h1-3,5-6,14-15H,4,7-12H2/t14-,15-/m0/s1. The first kappa shape index (κ1) is 14.7. The Morgan fingerprint density at radius 3 is 2.86 bits per heavy atom. The Bertz CT molecular complexity index is 613. The molecule has 0 amide bonds. The van der Waals surface area contributed by atoms with E-state index in [0.717, 1.165) is 18.1 Å². The summed E-state index contributed by atoms with van der Waals surface area (Å²) < 4.78 is 9.20. The Kier molecular flexibility index (Phi) is 4.46. The normalized spacial score (nSPS) is 26.6. The molecule has 0 radical (unpaired) electrons. The van der Waals surface area contributed by atoms with Gasteiger partial charge in [0, 0.05) is 19.0 Å². The lowest BCUT2D eigenvalue weighted by Gasteiger charge is -2.20. The van der Waals surface area contributed by atoms with Crippen LogP contribution in [0.15, 0.2) is 35.4 Å². The molecule has 4 rings (SSSR count). The van der Waals surface area contributed by atoms with Crippen LogP contribution in [0.5, 0.6) is 0 Å². The number of aryl methyl sites for hydroxylation is 1. The molecule has 2 saturated heterocycles. The monoisotopic (exact) mass is 331 g/mol. The average Bonchev–Trinajstić information content (AvgIpc) is 3.28. The van der Waals surface area contributed by atoms with Crippen LogP contribution < -0.4 is 0 Å². The summed E-state index contributed by atoms with van der Waals surface area (Å²) in [5.74, 6) is 2.60. The molecule has 1 unspecified atom stereocenters. The van der Waals surface area contributed by atoms with Crippen molar-refractivity contribution in [3.05, 3.63) is 41.6 Å². The Hall–Kier alpha value is -0.910. The first-order valence-corrected chi connectivity index (χ1v) is 9.83. The molecule has 3 nitrogen and oxygen atoms in total. The van der Waals surface area contributed by atoms with Crippen molar-refractivity contribution in [2.75, 3.05) is 25.4 Å². The topological polar surface area (TPSA) is 29.0 Å². The Morgan fingerprint density at radius 1 is 1.18 bits per heavy atom. The highest BCUT2D eigenvalue weighted by molar-refractivity contribution is 7.99. The molecule has 1 aromatic carbocycles. The van der Waals surface area contributed by atoms with Gasteiger partial charge in [-0.3, -0.25) is 0 Å². The number of hydrogen-bond acceptors (Lipinski definition) is 5. The summed E-state index contributed by atoms with van der Waals surface area (Å²) in [7, 11) is 0. The van der Waals surface area contributed by atoms with Crippen LogP contribution in [0.4, 0.5) is 0 Å². The molecule has 2 fully saturated rings. The molecule has 116 valence electrons. The zero-order chi connectivity index (χ0) is 14.8. The van der Waals surface area contributed by atoms with E-state index >= 15 is 0 Å². The van der Waals surface area contributed by atoms with Crippen molar-refractivity contribution in [3.63, 3.8) is 0 Å². The van der Waals surface area contributed by atoms with Crippen LogP contribution in [0.2, 0.25) is 0 Å². The summed E-state index contributed by atoms with van der Waals surface area (Å²) in [5, 5.41) is 1.21. The second-order valence-electron chi connectivity index (χ2n) is 6.31. The fraction of sp³-hybridized carbons (Fsp3) is 0.529. The summed E-state index contributed by atoms with van der Waals surface area (Å²) in [6.07, 6.45) is 3.70. The van der Waals surface area contributed by atoms with Crippen molar-refractivity contribution in [3.8, 4) is 0 Å². The largest absolute Gasteiger partial charge is 0.302 e. The van der Waals surface area contributed by atoms with Crippen LogP contribution in [-0.2, 0) is 6.42 Å². The minimum atomic E-state index is 0.643. The van der Waals surface area contributed by atoms with Gasteiger partial charge in [-0.15, -0.1) is 11.8 Å². The van der Waals surface area contributed by atoms with Crippen molar-refractivity contribution >= 4 is 23.5 Å². The number of piperidine rings is 1. The molecule has 2 aliphatic rings. The van der Waals surface area contributed by atoms with Gasteiger partial charge in [0.15, 0.2) is 0 Å². The van der Waals surface area contributed by atoms with E-state index in [2.05, 4.69) is 44.0 Å². The van der Waals surface area contributed by atoms with Crippen molar-refractivity contribution < 1.29 is 0 Å². The Labute approximate surface area is 140 Å². The molecule has 0 aliphatic carbocycles. The lowest BCUT2D eigenvalue weighted by atomic mass is 9.90. The fourth-order valence-corrected chi connectivity index (χ4v) is 5.41. The Morgan fingerprint density at radius 2 is 2.09 bits per heavy atom. The molecule has 0 saturated carbocycles. The number of hydrogen-bond donors (Lipinski definition) is 0. The van der Waals surface area contributed by atoms with Crippen LogP contribution in [-0.4, -0.2) is 39.0 Å². The smallest absolute Gasteiger partial charge is 0.134 e. The van der Waals surface area contributed by atoms with Crippen molar-refractivity contribution in [1.29, 1.82) is 0 Å². The quantitative estimate of drug-likeness (QED) is 0.596. The lowest BCUT2D eigenvalue weighted by molar-refractivity contribution is 0.342. The van der Waals surface area contributed by atoms with Gasteiger partial charge in [0.25, 0.3) is 0 Å². The lowest BCUT2D eigenvalue weighted by Crippen LogP contribution is -2.22. The highest BCUT2D eigenvalue weighted by atomic mass is 32.2. The molecule has 1 aromatic heterocycles. The predicted molar refractivity (Wildman–Crippen MR) is 92.7 cm³/mol. The zero-order valence-corrected chi connectivity index (χ0v) is 14.3. The molecule has 3 heterocycles. The number of fused-ring (bicyclic) bond motifs is 2. The SMILES string of the molecule is c1ccc(CCCSc2nsnc2[C@H]2CN3CC[C@H]2C3)cc1. The van der Waals surface area contributed by atoms with Gasteiger partial charge in [-0.25, -0.2) is 0 Å². The molecular weight excluding hydrogens is 310 g/mol. The van der Waals surface area contributed by atoms with E-state index < -0.39 is 0 Å². The summed E-state index contributed by atoms with van der Waals surface area (Å²) >= 11 is 3.30. The van der Waals surface area contributed by atoms with E-state index in [1.54, 1.807) is 0 Å². The zero-order valence-electron chi connectivity index (χ0n) is 12.6. The second-order valence-corrected chi connectivity index (χ2v) is 7.92. The minimum absolute atomic E-state index is 0.643. The van der Waals surface area contributed by atoms with E-state index in [9.17, 15) is 0 Å². The average molecular weight is 332 g/mol. The molecule has 2 aliphatic heterocycles. The molecule has 5 heteroatoms. The van der Waals surface area contributed by atoms with Gasteiger partial charge in [0.2, 0.25) is 0 Å². The summed E-state index contributed by atoms with van der Waals surface area (Å²) in [4.78, 5) is 2.58. The summed E-state index contributed by atoms with van der Waals surface area (Å²) in [6, 6.07) is 10.7. The number of thioether (sulfide) groups is 1. The van der Waals surface area contributed by atoms with Crippen LogP contribution in [0.25, 0.3) is 0 Å². The van der Waals surface area contributed by atoms with Crippen molar-refractivity contribution in [2.24, 2.45) is 5.92 Å². The molecule has 0 N–H and O–H groups in total. The molecule has 2 bridgehead atoms. The number of aromatic nitrogens is 2. The van der Waals surface area contributed by atoms with Gasteiger partial charge in [0.1, 0.15) is 5.03 Å². The molecule has 3 atom stereocenters. The molecule has 2 aromatic rings. The predicted octanol–water partition coefficient (Wildman–Crippen LogP) is 3.68. The third kappa shape index (κ3) is 3.07. The van der Waals surface area contributed by atoms with Crippen molar-refractivity contribution in [1.82, 2.24) is 13.6 Å². The number of benzene rings is 1. The number of nitrogens with zero attached hydrogens (tertiary/aromatic N) is 3. The van der Waals surface area contributed by atoms with E-state index in [1.165, 1.54) is 60.5 Å². The van der Waals surface area contributed by atoms with E-state index in [-0.39, 0.29) is 0 Å². The van der Waals surface area contributed by atoms with E-state index in [1.807, 2.05) is 11.8 Å².